The number of primary amides is 1. The van der Waals surface area contributed by atoms with Crippen molar-refractivity contribution >= 4 is 27.7 Å². The van der Waals surface area contributed by atoms with E-state index < -0.39 is 5.91 Å². The number of aliphatic hydroxyl groups is 1. The third-order valence-electron chi connectivity index (χ3n) is 5.62. The van der Waals surface area contributed by atoms with Gasteiger partial charge in [-0.3, -0.25) is 4.79 Å². The Balaban J connectivity index is 1.63. The minimum Gasteiger partial charge on any atom is -0.457 e. The van der Waals surface area contributed by atoms with Gasteiger partial charge in [0.2, 0.25) is 5.91 Å². The molecule has 0 spiro atoms. The summed E-state index contributed by atoms with van der Waals surface area (Å²) in [6, 6.07) is 29.0. The molecule has 0 bridgehead atoms. The first-order valence-corrected chi connectivity index (χ1v) is 10.4. The second kappa shape index (κ2) is 8.21. The summed E-state index contributed by atoms with van der Waals surface area (Å²) in [7, 11) is 0. The van der Waals surface area contributed by atoms with E-state index in [1.54, 1.807) is 6.07 Å². The van der Waals surface area contributed by atoms with Gasteiger partial charge in [0.15, 0.2) is 0 Å². The van der Waals surface area contributed by atoms with Crippen LogP contribution < -0.4 is 10.5 Å². The minimum absolute atomic E-state index is 0.0550. The van der Waals surface area contributed by atoms with Gasteiger partial charge in [0.25, 0.3) is 0 Å². The maximum Gasteiger partial charge on any atom is 0.249 e. The molecule has 0 saturated heterocycles. The van der Waals surface area contributed by atoms with E-state index in [1.807, 2.05) is 84.9 Å². The quantitative estimate of drug-likeness (QED) is 0.393. The number of carbonyl (C=O) groups is 1. The molecule has 0 aliphatic carbocycles. The van der Waals surface area contributed by atoms with Gasteiger partial charge in [-0.1, -0.05) is 48.5 Å². The van der Waals surface area contributed by atoms with Crippen LogP contribution in [0.3, 0.4) is 0 Å². The van der Waals surface area contributed by atoms with Gasteiger partial charge in [-0.15, -0.1) is 0 Å². The summed E-state index contributed by atoms with van der Waals surface area (Å²) in [5, 5.41) is 11.4. The van der Waals surface area contributed by atoms with Crippen molar-refractivity contribution in [2.24, 2.45) is 5.73 Å². The van der Waals surface area contributed by atoms with Crippen molar-refractivity contribution < 1.29 is 14.6 Å². The van der Waals surface area contributed by atoms with E-state index in [2.05, 4.69) is 4.57 Å². The zero-order valence-electron chi connectivity index (χ0n) is 17.4. The van der Waals surface area contributed by atoms with Crippen molar-refractivity contribution in [3.63, 3.8) is 0 Å². The van der Waals surface area contributed by atoms with Crippen LogP contribution in [0.25, 0.3) is 21.8 Å². The van der Waals surface area contributed by atoms with E-state index in [4.69, 9.17) is 10.5 Å². The molecule has 0 unspecified atom stereocenters. The highest BCUT2D eigenvalue weighted by Gasteiger charge is 2.17. The average Bonchev–Trinajstić information content (AvgIpc) is 3.13. The molecule has 0 atom stereocenters. The Kier molecular flexibility index (Phi) is 5.09. The summed E-state index contributed by atoms with van der Waals surface area (Å²) in [6.07, 6.45) is 0. The first-order valence-electron chi connectivity index (χ1n) is 10.4. The second-order valence-electron chi connectivity index (χ2n) is 7.72. The van der Waals surface area contributed by atoms with Crippen molar-refractivity contribution in [1.82, 2.24) is 4.57 Å². The molecular weight excluding hydrogens is 400 g/mol. The minimum atomic E-state index is -0.459. The molecule has 1 aromatic heterocycles. The fourth-order valence-corrected chi connectivity index (χ4v) is 4.18. The lowest BCUT2D eigenvalue weighted by molar-refractivity contribution is 0.100. The number of hydrogen-bond acceptors (Lipinski definition) is 3. The largest absolute Gasteiger partial charge is 0.457 e. The Bertz CT molecular complexity index is 1440. The number of aliphatic hydroxyl groups excluding tert-OH is 1. The molecule has 1 heterocycles. The highest BCUT2D eigenvalue weighted by atomic mass is 16.5. The van der Waals surface area contributed by atoms with Gasteiger partial charge in [0.05, 0.1) is 12.1 Å². The number of para-hydroxylation sites is 1. The summed E-state index contributed by atoms with van der Waals surface area (Å²) in [5.74, 6) is 1.07. The van der Waals surface area contributed by atoms with Crippen LogP contribution in [0, 0.1) is 0 Å². The predicted octanol–water partition coefficient (Wildman–Crippen LogP) is 5.23. The van der Waals surface area contributed by atoms with Crippen molar-refractivity contribution in [3.05, 3.63) is 108 Å². The molecule has 3 N–H and O–H groups in total. The van der Waals surface area contributed by atoms with Crippen LogP contribution in [-0.4, -0.2) is 15.6 Å². The van der Waals surface area contributed by atoms with E-state index in [0.29, 0.717) is 12.1 Å². The Morgan fingerprint density at radius 3 is 2.38 bits per heavy atom. The zero-order valence-corrected chi connectivity index (χ0v) is 17.4. The molecule has 4 aromatic carbocycles. The van der Waals surface area contributed by atoms with Crippen LogP contribution in [0.2, 0.25) is 0 Å². The molecule has 32 heavy (non-hydrogen) atoms. The van der Waals surface area contributed by atoms with Crippen molar-refractivity contribution in [2.45, 2.75) is 13.2 Å². The lowest BCUT2D eigenvalue weighted by Crippen LogP contribution is -2.11. The Morgan fingerprint density at radius 1 is 0.812 bits per heavy atom. The van der Waals surface area contributed by atoms with Crippen LogP contribution >= 0.6 is 0 Å². The number of carbonyl (C=O) groups excluding carboxylic acids is 1. The predicted molar refractivity (Wildman–Crippen MR) is 126 cm³/mol. The Labute approximate surface area is 185 Å². The fraction of sp³-hybridized carbons (Fsp3) is 0.0741. The first-order chi connectivity index (χ1) is 15.6. The fourth-order valence-electron chi connectivity index (χ4n) is 4.18. The Morgan fingerprint density at radius 2 is 1.59 bits per heavy atom. The van der Waals surface area contributed by atoms with Crippen LogP contribution in [-0.2, 0) is 13.2 Å². The highest BCUT2D eigenvalue weighted by molar-refractivity contribution is 6.18. The van der Waals surface area contributed by atoms with Gasteiger partial charge < -0.3 is 20.1 Å². The molecule has 0 fully saturated rings. The third kappa shape index (κ3) is 3.59. The van der Waals surface area contributed by atoms with Crippen LogP contribution in [0.15, 0.2) is 91.0 Å². The molecule has 5 rings (SSSR count). The van der Waals surface area contributed by atoms with Crippen LogP contribution in [0.4, 0.5) is 0 Å². The normalized spacial score (nSPS) is 11.2. The van der Waals surface area contributed by atoms with Crippen molar-refractivity contribution in [3.8, 4) is 11.5 Å². The molecule has 0 radical (unpaired) electrons. The van der Waals surface area contributed by atoms with Crippen LogP contribution in [0.5, 0.6) is 11.5 Å². The molecule has 0 aliphatic rings. The molecule has 5 aromatic rings. The number of aromatic nitrogens is 1. The number of hydrogen-bond donors (Lipinski definition) is 2. The topological polar surface area (TPSA) is 77.5 Å². The lowest BCUT2D eigenvalue weighted by atomic mass is 10.0. The van der Waals surface area contributed by atoms with E-state index >= 15 is 0 Å². The highest BCUT2D eigenvalue weighted by Crippen LogP contribution is 2.33. The number of ether oxygens (including phenoxy) is 1. The SMILES string of the molecule is NC(=O)c1cccc2c1c1ccc(CO)cc1n2Cc1cccc(Oc2ccccc2)c1. The number of amides is 1. The molecule has 5 nitrogen and oxygen atoms in total. The summed E-state index contributed by atoms with van der Waals surface area (Å²) in [6.45, 7) is 0.517. The number of nitrogens with two attached hydrogens (primary N) is 1. The van der Waals surface area contributed by atoms with E-state index in [0.717, 1.165) is 44.4 Å². The monoisotopic (exact) mass is 422 g/mol. The van der Waals surface area contributed by atoms with Crippen molar-refractivity contribution in [1.29, 1.82) is 0 Å². The summed E-state index contributed by atoms with van der Waals surface area (Å²) >= 11 is 0. The first kappa shape index (κ1) is 19.8. The van der Waals surface area contributed by atoms with E-state index in [9.17, 15) is 9.90 Å². The van der Waals surface area contributed by atoms with Gasteiger partial charge in [-0.05, 0) is 53.6 Å². The summed E-state index contributed by atoms with van der Waals surface area (Å²) in [4.78, 5) is 12.1. The third-order valence-corrected chi connectivity index (χ3v) is 5.62. The molecule has 5 heteroatoms. The van der Waals surface area contributed by atoms with Gasteiger partial charge in [-0.25, -0.2) is 0 Å². The Hall–Kier alpha value is -4.09. The molecule has 1 amide bonds. The summed E-state index contributed by atoms with van der Waals surface area (Å²) in [5.41, 5.74) is 9.88. The lowest BCUT2D eigenvalue weighted by Gasteiger charge is -2.11. The smallest absolute Gasteiger partial charge is 0.249 e. The maximum atomic E-state index is 12.1. The molecule has 0 aliphatic heterocycles. The van der Waals surface area contributed by atoms with E-state index in [-0.39, 0.29) is 6.61 Å². The van der Waals surface area contributed by atoms with E-state index in [1.165, 1.54) is 0 Å². The standard InChI is InChI=1S/C27H22N2O3/c28-27(31)23-10-5-11-24-26(23)22-13-12-19(17-30)15-25(22)29(24)16-18-6-4-9-21(14-18)32-20-7-2-1-3-8-20/h1-15,30H,16-17H2,(H2,28,31). The van der Waals surface area contributed by atoms with Gasteiger partial charge in [0.1, 0.15) is 11.5 Å². The molecular formula is C27H22N2O3. The molecule has 0 saturated carbocycles. The average molecular weight is 422 g/mol. The number of nitrogens with zero attached hydrogens (tertiary/aromatic N) is 1. The van der Waals surface area contributed by atoms with Crippen LogP contribution in [0.1, 0.15) is 21.5 Å². The number of rotatable bonds is 6. The number of benzene rings is 4. The zero-order chi connectivity index (χ0) is 22.1. The molecule has 158 valence electrons. The van der Waals surface area contributed by atoms with Gasteiger partial charge >= 0.3 is 0 Å². The second-order valence-corrected chi connectivity index (χ2v) is 7.72. The van der Waals surface area contributed by atoms with Crippen molar-refractivity contribution in [2.75, 3.05) is 0 Å². The van der Waals surface area contributed by atoms with Gasteiger partial charge in [-0.2, -0.15) is 0 Å². The van der Waals surface area contributed by atoms with Gasteiger partial charge in [0, 0.05) is 28.4 Å². The summed E-state index contributed by atoms with van der Waals surface area (Å²) < 4.78 is 8.15. The maximum absolute atomic E-state index is 12.1. The number of fused-ring (bicyclic) bond motifs is 3.